The zero-order chi connectivity index (χ0) is 18.4. The first-order valence-electron chi connectivity index (χ1n) is 8.81. The molecule has 1 aliphatic carbocycles. The fourth-order valence-corrected chi connectivity index (χ4v) is 4.43. The molecular weight excluding hydrogens is 337 g/mol. The maximum absolute atomic E-state index is 13.3. The third-order valence-electron chi connectivity index (χ3n) is 5.62. The molecule has 1 saturated carbocycles. The van der Waals surface area contributed by atoms with Crippen LogP contribution in [-0.4, -0.2) is 44.3 Å². The molecule has 7 heteroatoms. The molecule has 6 nitrogen and oxygen atoms in total. The van der Waals surface area contributed by atoms with Gasteiger partial charge >= 0.3 is 5.97 Å². The van der Waals surface area contributed by atoms with Gasteiger partial charge in [0.2, 0.25) is 0 Å². The van der Waals surface area contributed by atoms with E-state index in [1.165, 1.54) is 21.7 Å². The average molecular weight is 357 g/mol. The average Bonchev–Trinajstić information content (AvgIpc) is 3.29. The first-order valence-corrected chi connectivity index (χ1v) is 8.81. The second kappa shape index (κ2) is 6.23. The Morgan fingerprint density at radius 2 is 2.08 bits per heavy atom. The van der Waals surface area contributed by atoms with E-state index >= 15 is 0 Å². The van der Waals surface area contributed by atoms with Gasteiger partial charge in [0, 0.05) is 12.7 Å². The summed E-state index contributed by atoms with van der Waals surface area (Å²) in [7, 11) is 0. The predicted molar refractivity (Wildman–Crippen MR) is 91.6 cm³/mol. The van der Waals surface area contributed by atoms with Gasteiger partial charge in [0.1, 0.15) is 11.9 Å². The minimum atomic E-state index is -0.943. The van der Waals surface area contributed by atoms with Crippen LogP contribution in [0.15, 0.2) is 30.5 Å². The van der Waals surface area contributed by atoms with Crippen LogP contribution in [0.25, 0.3) is 5.69 Å². The predicted octanol–water partition coefficient (Wildman–Crippen LogP) is 2.65. The standard InChI is InChI=1S/C19H20FN3O3/c1-11-9-13(20)5-6-16(11)23-8-7-15(21-23)18(24)22-10-12-3-2-4-14(12)17(22)19(25)26/h5-9,12,14,17H,2-4,10H2,1H3,(H,25,26). The minimum absolute atomic E-state index is 0.0397. The summed E-state index contributed by atoms with van der Waals surface area (Å²) >= 11 is 0. The number of amides is 1. The Bertz CT molecular complexity index is 879. The molecule has 4 rings (SSSR count). The summed E-state index contributed by atoms with van der Waals surface area (Å²) in [4.78, 5) is 26.1. The number of rotatable bonds is 3. The summed E-state index contributed by atoms with van der Waals surface area (Å²) in [5.41, 5.74) is 1.59. The number of benzene rings is 1. The Morgan fingerprint density at radius 1 is 1.27 bits per heavy atom. The molecule has 0 radical (unpaired) electrons. The van der Waals surface area contributed by atoms with Gasteiger partial charge in [0.25, 0.3) is 5.91 Å². The fourth-order valence-electron chi connectivity index (χ4n) is 4.43. The highest BCUT2D eigenvalue weighted by atomic mass is 19.1. The summed E-state index contributed by atoms with van der Waals surface area (Å²) in [5.74, 6) is -1.33. The highest BCUT2D eigenvalue weighted by molar-refractivity contribution is 5.95. The van der Waals surface area contributed by atoms with E-state index in [4.69, 9.17) is 0 Å². The Kier molecular flexibility index (Phi) is 4.01. The maximum Gasteiger partial charge on any atom is 0.326 e. The normalized spacial score (nSPS) is 24.7. The Morgan fingerprint density at radius 3 is 2.81 bits per heavy atom. The van der Waals surface area contributed by atoms with Gasteiger partial charge < -0.3 is 10.0 Å². The van der Waals surface area contributed by atoms with Crippen LogP contribution in [0.2, 0.25) is 0 Å². The first-order chi connectivity index (χ1) is 12.5. The minimum Gasteiger partial charge on any atom is -0.480 e. The third kappa shape index (κ3) is 2.67. The highest BCUT2D eigenvalue weighted by Crippen LogP contribution is 2.42. The number of aryl methyl sites for hydroxylation is 1. The number of likely N-dealkylation sites (tertiary alicyclic amines) is 1. The lowest BCUT2D eigenvalue weighted by molar-refractivity contribution is -0.142. The van der Waals surface area contributed by atoms with Gasteiger partial charge in [-0.05, 0) is 61.4 Å². The summed E-state index contributed by atoms with van der Waals surface area (Å²) in [6, 6.07) is 5.16. The molecule has 1 amide bonds. The molecule has 0 spiro atoms. The highest BCUT2D eigenvalue weighted by Gasteiger charge is 2.49. The van der Waals surface area contributed by atoms with Crippen LogP contribution in [0.4, 0.5) is 4.39 Å². The van der Waals surface area contributed by atoms with Gasteiger partial charge in [-0.3, -0.25) is 4.79 Å². The van der Waals surface area contributed by atoms with Crippen molar-refractivity contribution >= 4 is 11.9 Å². The van der Waals surface area contributed by atoms with Gasteiger partial charge in [0.05, 0.1) is 5.69 Å². The lowest BCUT2D eigenvalue weighted by atomic mass is 9.94. The smallest absolute Gasteiger partial charge is 0.326 e. The van der Waals surface area contributed by atoms with Gasteiger partial charge in [-0.15, -0.1) is 0 Å². The number of hydrogen-bond acceptors (Lipinski definition) is 3. The molecule has 2 fully saturated rings. The number of aromatic nitrogens is 2. The molecule has 2 heterocycles. The van der Waals surface area contributed by atoms with Crippen molar-refractivity contribution in [1.29, 1.82) is 0 Å². The molecule has 2 aromatic rings. The number of halogens is 1. The van der Waals surface area contributed by atoms with E-state index in [1.54, 1.807) is 25.3 Å². The van der Waals surface area contributed by atoms with Crippen LogP contribution in [0.5, 0.6) is 0 Å². The van der Waals surface area contributed by atoms with Crippen molar-refractivity contribution in [3.05, 3.63) is 47.5 Å². The Labute approximate surface area is 150 Å². The first kappa shape index (κ1) is 16.8. The van der Waals surface area contributed by atoms with Crippen molar-refractivity contribution in [3.63, 3.8) is 0 Å². The van der Waals surface area contributed by atoms with Crippen molar-refractivity contribution < 1.29 is 19.1 Å². The molecule has 1 aromatic heterocycles. The van der Waals surface area contributed by atoms with Crippen molar-refractivity contribution in [2.24, 2.45) is 11.8 Å². The van der Waals surface area contributed by atoms with Crippen molar-refractivity contribution in [3.8, 4) is 5.69 Å². The molecule has 1 aromatic carbocycles. The monoisotopic (exact) mass is 357 g/mol. The van der Waals surface area contributed by atoms with Gasteiger partial charge in [-0.25, -0.2) is 13.9 Å². The molecule has 26 heavy (non-hydrogen) atoms. The number of aliphatic carboxylic acids is 1. The number of hydrogen-bond donors (Lipinski definition) is 1. The van der Waals surface area contributed by atoms with Crippen LogP contribution in [0.1, 0.15) is 35.3 Å². The summed E-state index contributed by atoms with van der Waals surface area (Å²) in [5, 5.41) is 13.9. The van der Waals surface area contributed by atoms with Crippen LogP contribution in [-0.2, 0) is 4.79 Å². The molecule has 136 valence electrons. The van der Waals surface area contributed by atoms with E-state index in [0.29, 0.717) is 17.8 Å². The number of carboxylic acids is 1. The zero-order valence-electron chi connectivity index (χ0n) is 14.4. The van der Waals surface area contributed by atoms with Gasteiger partial charge in [-0.2, -0.15) is 5.10 Å². The molecule has 3 atom stereocenters. The molecule has 0 bridgehead atoms. The van der Waals surface area contributed by atoms with E-state index in [-0.39, 0.29) is 29.3 Å². The van der Waals surface area contributed by atoms with Gasteiger partial charge in [-0.1, -0.05) is 6.42 Å². The number of carbonyl (C=O) groups excluding carboxylic acids is 1. The lowest BCUT2D eigenvalue weighted by Gasteiger charge is -2.23. The Hall–Kier alpha value is -2.70. The number of nitrogens with zero attached hydrogens (tertiary/aromatic N) is 3. The van der Waals surface area contributed by atoms with E-state index in [9.17, 15) is 19.1 Å². The molecule has 2 aliphatic rings. The molecule has 1 N–H and O–H groups in total. The summed E-state index contributed by atoms with van der Waals surface area (Å²) < 4.78 is 14.8. The van der Waals surface area contributed by atoms with Crippen LogP contribution < -0.4 is 0 Å². The molecule has 1 saturated heterocycles. The summed E-state index contributed by atoms with van der Waals surface area (Å²) in [6.07, 6.45) is 4.50. The lowest BCUT2D eigenvalue weighted by Crippen LogP contribution is -2.43. The van der Waals surface area contributed by atoms with Crippen LogP contribution in [0.3, 0.4) is 0 Å². The molecular formula is C19H20FN3O3. The number of carboxylic acid groups (broad SMARTS) is 1. The second-order valence-electron chi connectivity index (χ2n) is 7.17. The number of fused-ring (bicyclic) bond motifs is 1. The summed E-state index contributed by atoms with van der Waals surface area (Å²) in [6.45, 7) is 2.24. The fraction of sp³-hybridized carbons (Fsp3) is 0.421. The zero-order valence-corrected chi connectivity index (χ0v) is 14.4. The van der Waals surface area contributed by atoms with E-state index in [0.717, 1.165) is 19.3 Å². The van der Waals surface area contributed by atoms with Crippen molar-refractivity contribution in [1.82, 2.24) is 14.7 Å². The van der Waals surface area contributed by atoms with E-state index in [1.807, 2.05) is 0 Å². The molecule has 1 aliphatic heterocycles. The molecule has 3 unspecified atom stereocenters. The van der Waals surface area contributed by atoms with Crippen LogP contribution in [0, 0.1) is 24.6 Å². The quantitative estimate of drug-likeness (QED) is 0.916. The topological polar surface area (TPSA) is 75.4 Å². The second-order valence-corrected chi connectivity index (χ2v) is 7.17. The van der Waals surface area contributed by atoms with E-state index in [2.05, 4.69) is 5.10 Å². The largest absolute Gasteiger partial charge is 0.480 e. The number of carbonyl (C=O) groups is 2. The SMILES string of the molecule is Cc1cc(F)ccc1-n1ccc(C(=O)N2CC3CCCC3C2C(=O)O)n1. The van der Waals surface area contributed by atoms with Crippen molar-refractivity contribution in [2.75, 3.05) is 6.54 Å². The van der Waals surface area contributed by atoms with Gasteiger partial charge in [0.15, 0.2) is 5.69 Å². The van der Waals surface area contributed by atoms with E-state index < -0.39 is 12.0 Å². The maximum atomic E-state index is 13.3. The van der Waals surface area contributed by atoms with Crippen LogP contribution >= 0.6 is 0 Å². The third-order valence-corrected chi connectivity index (χ3v) is 5.62. The van der Waals surface area contributed by atoms with Crippen molar-refractivity contribution in [2.45, 2.75) is 32.2 Å². The Balaban J connectivity index is 1.61.